The molecule has 2 N–H and O–H groups in total. The van der Waals surface area contributed by atoms with Gasteiger partial charge in [-0.1, -0.05) is 41.7 Å². The standard InChI is InChI=1S/C20H20N4O3S/c1-27-16-10-7-14(8-11-16)9-12-17(25)21-13-18-23-24-20(28-18)19(26)22-15-5-3-2-4-6-15/h2-8,10-11H,9,12-13H2,1H3,(H,21,25)(H,22,26). The van der Waals surface area contributed by atoms with Crippen molar-refractivity contribution in [2.24, 2.45) is 0 Å². The molecule has 2 aromatic carbocycles. The maximum Gasteiger partial charge on any atom is 0.286 e. The second-order valence-electron chi connectivity index (χ2n) is 5.95. The summed E-state index contributed by atoms with van der Waals surface area (Å²) >= 11 is 1.16. The molecule has 1 aromatic heterocycles. The number of carbonyl (C=O) groups excluding carboxylic acids is 2. The lowest BCUT2D eigenvalue weighted by Gasteiger charge is -2.04. The number of nitrogens with one attached hydrogen (secondary N) is 2. The molecule has 3 aromatic rings. The lowest BCUT2D eigenvalue weighted by Crippen LogP contribution is -2.22. The Kier molecular flexibility index (Phi) is 6.69. The zero-order valence-electron chi connectivity index (χ0n) is 15.3. The Labute approximate surface area is 166 Å². The van der Waals surface area contributed by atoms with E-state index in [9.17, 15) is 9.59 Å². The van der Waals surface area contributed by atoms with Gasteiger partial charge in [-0.05, 0) is 36.2 Å². The summed E-state index contributed by atoms with van der Waals surface area (Å²) < 4.78 is 5.11. The van der Waals surface area contributed by atoms with Gasteiger partial charge in [-0.15, -0.1) is 10.2 Å². The van der Waals surface area contributed by atoms with Crippen molar-refractivity contribution >= 4 is 28.8 Å². The van der Waals surface area contributed by atoms with E-state index in [0.29, 0.717) is 23.5 Å². The fraction of sp³-hybridized carbons (Fsp3) is 0.200. The lowest BCUT2D eigenvalue weighted by atomic mass is 10.1. The van der Waals surface area contributed by atoms with E-state index >= 15 is 0 Å². The van der Waals surface area contributed by atoms with Crippen molar-refractivity contribution in [3.05, 3.63) is 70.2 Å². The van der Waals surface area contributed by atoms with Gasteiger partial charge in [-0.2, -0.15) is 0 Å². The number of hydrogen-bond acceptors (Lipinski definition) is 6. The van der Waals surface area contributed by atoms with E-state index in [-0.39, 0.29) is 23.4 Å². The number of nitrogens with zero attached hydrogens (tertiary/aromatic N) is 2. The van der Waals surface area contributed by atoms with Gasteiger partial charge >= 0.3 is 0 Å². The van der Waals surface area contributed by atoms with Gasteiger partial charge in [0.25, 0.3) is 5.91 Å². The Bertz CT molecular complexity index is 926. The predicted molar refractivity (Wildman–Crippen MR) is 107 cm³/mol. The van der Waals surface area contributed by atoms with Crippen LogP contribution in [0, 0.1) is 0 Å². The smallest absolute Gasteiger partial charge is 0.286 e. The number of hydrogen-bond donors (Lipinski definition) is 2. The maximum absolute atomic E-state index is 12.2. The molecule has 0 aliphatic heterocycles. The normalized spacial score (nSPS) is 10.3. The molecule has 1 heterocycles. The van der Waals surface area contributed by atoms with Crippen molar-refractivity contribution in [1.82, 2.24) is 15.5 Å². The molecule has 0 fully saturated rings. The summed E-state index contributed by atoms with van der Waals surface area (Å²) in [5.41, 5.74) is 1.75. The average Bonchev–Trinajstić information content (AvgIpc) is 3.21. The van der Waals surface area contributed by atoms with Gasteiger partial charge in [0.1, 0.15) is 10.8 Å². The summed E-state index contributed by atoms with van der Waals surface area (Å²) in [7, 11) is 1.62. The number of rotatable bonds is 8. The van der Waals surface area contributed by atoms with Crippen molar-refractivity contribution in [2.45, 2.75) is 19.4 Å². The summed E-state index contributed by atoms with van der Waals surface area (Å²) in [5.74, 6) is 0.388. The second kappa shape index (κ2) is 9.61. The van der Waals surface area contributed by atoms with E-state index in [2.05, 4.69) is 20.8 Å². The predicted octanol–water partition coefficient (Wildman–Crippen LogP) is 3.05. The first-order valence-corrected chi connectivity index (χ1v) is 9.54. The Balaban J connectivity index is 1.44. The van der Waals surface area contributed by atoms with Crippen LogP contribution in [0.2, 0.25) is 0 Å². The van der Waals surface area contributed by atoms with Crippen LogP contribution in [0.15, 0.2) is 54.6 Å². The summed E-state index contributed by atoms with van der Waals surface area (Å²) in [5, 5.41) is 14.3. The van der Waals surface area contributed by atoms with E-state index in [4.69, 9.17) is 4.74 Å². The monoisotopic (exact) mass is 396 g/mol. The number of para-hydroxylation sites is 1. The fourth-order valence-corrected chi connectivity index (χ4v) is 3.11. The molecule has 0 aliphatic carbocycles. The van der Waals surface area contributed by atoms with Gasteiger partial charge in [0.2, 0.25) is 10.9 Å². The van der Waals surface area contributed by atoms with Crippen molar-refractivity contribution in [1.29, 1.82) is 0 Å². The summed E-state index contributed by atoms with van der Waals surface area (Å²) in [6.07, 6.45) is 1.00. The number of amides is 2. The van der Waals surface area contributed by atoms with Gasteiger partial charge in [0.05, 0.1) is 13.7 Å². The zero-order chi connectivity index (χ0) is 19.8. The molecular weight excluding hydrogens is 376 g/mol. The van der Waals surface area contributed by atoms with Crippen LogP contribution < -0.4 is 15.4 Å². The summed E-state index contributed by atoms with van der Waals surface area (Å²) in [4.78, 5) is 24.2. The van der Waals surface area contributed by atoms with Crippen LogP contribution in [-0.4, -0.2) is 29.1 Å². The zero-order valence-corrected chi connectivity index (χ0v) is 16.2. The van der Waals surface area contributed by atoms with Crippen LogP contribution >= 0.6 is 11.3 Å². The molecule has 0 radical (unpaired) electrons. The molecule has 0 aliphatic rings. The molecule has 0 spiro atoms. The largest absolute Gasteiger partial charge is 0.497 e. The van der Waals surface area contributed by atoms with Crippen molar-refractivity contribution in [3.8, 4) is 5.75 Å². The van der Waals surface area contributed by atoms with E-state index in [1.54, 1.807) is 19.2 Å². The third-order valence-electron chi connectivity index (χ3n) is 3.93. The fourth-order valence-electron chi connectivity index (χ4n) is 2.44. The lowest BCUT2D eigenvalue weighted by molar-refractivity contribution is -0.121. The van der Waals surface area contributed by atoms with Crippen LogP contribution in [0.25, 0.3) is 0 Å². The Morgan fingerprint density at radius 2 is 1.79 bits per heavy atom. The van der Waals surface area contributed by atoms with E-state index in [1.165, 1.54) is 0 Å². The maximum atomic E-state index is 12.2. The van der Waals surface area contributed by atoms with Crippen LogP contribution in [-0.2, 0) is 17.8 Å². The molecule has 0 saturated carbocycles. The molecular formula is C20H20N4O3S. The van der Waals surface area contributed by atoms with E-state index in [0.717, 1.165) is 22.6 Å². The van der Waals surface area contributed by atoms with Gasteiger partial charge in [-0.25, -0.2) is 0 Å². The highest BCUT2D eigenvalue weighted by Crippen LogP contribution is 2.14. The third-order valence-corrected chi connectivity index (χ3v) is 4.85. The molecule has 144 valence electrons. The van der Waals surface area contributed by atoms with Gasteiger partial charge in [-0.3, -0.25) is 9.59 Å². The molecule has 8 heteroatoms. The summed E-state index contributed by atoms with van der Waals surface area (Å²) in [6, 6.07) is 16.8. The molecule has 0 unspecified atom stereocenters. The van der Waals surface area contributed by atoms with Gasteiger partial charge < -0.3 is 15.4 Å². The second-order valence-corrected chi connectivity index (χ2v) is 7.01. The molecule has 28 heavy (non-hydrogen) atoms. The summed E-state index contributed by atoms with van der Waals surface area (Å²) in [6.45, 7) is 0.248. The van der Waals surface area contributed by atoms with Crippen LogP contribution in [0.3, 0.4) is 0 Å². The first-order valence-electron chi connectivity index (χ1n) is 8.72. The minimum Gasteiger partial charge on any atom is -0.497 e. The van der Waals surface area contributed by atoms with Crippen molar-refractivity contribution < 1.29 is 14.3 Å². The minimum absolute atomic E-state index is 0.0821. The highest BCUT2D eigenvalue weighted by atomic mass is 32.1. The molecule has 2 amide bonds. The topological polar surface area (TPSA) is 93.2 Å². The number of benzene rings is 2. The van der Waals surface area contributed by atoms with Crippen LogP contribution in [0.5, 0.6) is 5.75 Å². The number of aromatic nitrogens is 2. The number of methoxy groups -OCH3 is 1. The Hall–Kier alpha value is -3.26. The SMILES string of the molecule is COc1ccc(CCC(=O)NCc2nnc(C(=O)Nc3ccccc3)s2)cc1. The molecule has 7 nitrogen and oxygen atoms in total. The van der Waals surface area contributed by atoms with Crippen LogP contribution in [0.4, 0.5) is 5.69 Å². The molecule has 0 atom stereocenters. The molecule has 0 bridgehead atoms. The number of anilines is 1. The quantitative estimate of drug-likeness (QED) is 0.610. The Morgan fingerprint density at radius 1 is 1.04 bits per heavy atom. The van der Waals surface area contributed by atoms with E-state index < -0.39 is 0 Å². The van der Waals surface area contributed by atoms with Gasteiger partial charge in [0.15, 0.2) is 0 Å². The average molecular weight is 396 g/mol. The molecule has 3 rings (SSSR count). The Morgan fingerprint density at radius 3 is 2.50 bits per heavy atom. The highest BCUT2D eigenvalue weighted by molar-refractivity contribution is 7.13. The minimum atomic E-state index is -0.319. The number of carbonyl (C=O) groups is 2. The first kappa shape index (κ1) is 19.5. The number of aryl methyl sites for hydroxylation is 1. The first-order chi connectivity index (χ1) is 13.6. The van der Waals surface area contributed by atoms with Crippen LogP contribution in [0.1, 0.15) is 26.8 Å². The molecule has 0 saturated heterocycles. The van der Waals surface area contributed by atoms with Crippen molar-refractivity contribution in [3.63, 3.8) is 0 Å². The highest BCUT2D eigenvalue weighted by Gasteiger charge is 2.13. The van der Waals surface area contributed by atoms with Crippen molar-refractivity contribution in [2.75, 3.05) is 12.4 Å². The third kappa shape index (κ3) is 5.62. The number of ether oxygens (including phenoxy) is 1. The van der Waals surface area contributed by atoms with Gasteiger partial charge in [0, 0.05) is 12.1 Å². The van der Waals surface area contributed by atoms with E-state index in [1.807, 2.05) is 42.5 Å².